The van der Waals surface area contributed by atoms with Gasteiger partial charge in [-0.25, -0.2) is 8.42 Å². The average molecular weight is 548 g/mol. The van der Waals surface area contributed by atoms with Gasteiger partial charge in [0, 0.05) is 11.3 Å². The minimum absolute atomic E-state index is 0.0311. The maximum atomic E-state index is 13.1. The Morgan fingerprint density at radius 3 is 2.26 bits per heavy atom. The van der Waals surface area contributed by atoms with Crippen LogP contribution in [0, 0.1) is 6.92 Å². The molecule has 38 heavy (non-hydrogen) atoms. The normalized spacial score (nSPS) is 11.9. The number of benzene rings is 4. The molecular weight excluding hydrogens is 522 g/mol. The first-order valence-electron chi connectivity index (χ1n) is 11.8. The van der Waals surface area contributed by atoms with E-state index >= 15 is 0 Å². The van der Waals surface area contributed by atoms with Crippen molar-refractivity contribution >= 4 is 44.8 Å². The quantitative estimate of drug-likeness (QED) is 0.244. The third kappa shape index (κ3) is 6.40. The van der Waals surface area contributed by atoms with E-state index in [9.17, 15) is 18.0 Å². The summed E-state index contributed by atoms with van der Waals surface area (Å²) in [5.74, 6) is -0.955. The molecule has 0 unspecified atom stereocenters. The average Bonchev–Trinajstić information content (AvgIpc) is 2.89. The fourth-order valence-corrected chi connectivity index (χ4v) is 5.43. The molecule has 9 heteroatoms. The van der Waals surface area contributed by atoms with Gasteiger partial charge in [-0.05, 0) is 67.4 Å². The summed E-state index contributed by atoms with van der Waals surface area (Å²) < 4.78 is 28.6. The Balaban J connectivity index is 1.55. The minimum Gasteiger partial charge on any atom is -0.345 e. The Morgan fingerprint density at radius 1 is 0.816 bits per heavy atom. The van der Waals surface area contributed by atoms with E-state index in [4.69, 9.17) is 11.6 Å². The Morgan fingerprint density at radius 2 is 1.53 bits per heavy atom. The van der Waals surface area contributed by atoms with Crippen molar-refractivity contribution in [1.82, 2.24) is 5.32 Å². The molecule has 0 spiro atoms. The van der Waals surface area contributed by atoms with Gasteiger partial charge < -0.3 is 10.6 Å². The zero-order chi connectivity index (χ0) is 27.3. The summed E-state index contributed by atoms with van der Waals surface area (Å²) in [6.07, 6.45) is 0. The molecule has 0 fully saturated rings. The van der Waals surface area contributed by atoms with Crippen LogP contribution in [0.3, 0.4) is 0 Å². The number of hydrogen-bond acceptors (Lipinski definition) is 4. The van der Waals surface area contributed by atoms with E-state index in [-0.39, 0.29) is 38.7 Å². The molecule has 4 aromatic rings. The number of rotatable bonds is 8. The van der Waals surface area contributed by atoms with E-state index in [0.29, 0.717) is 5.69 Å². The highest BCUT2D eigenvalue weighted by Crippen LogP contribution is 2.26. The molecule has 0 aliphatic heterocycles. The van der Waals surface area contributed by atoms with Crippen molar-refractivity contribution in [3.05, 3.63) is 124 Å². The summed E-state index contributed by atoms with van der Waals surface area (Å²) >= 11 is 6.21. The lowest BCUT2D eigenvalue weighted by atomic mass is 10.1. The van der Waals surface area contributed by atoms with Gasteiger partial charge in [-0.1, -0.05) is 66.2 Å². The van der Waals surface area contributed by atoms with Crippen LogP contribution in [0.2, 0.25) is 5.02 Å². The third-order valence-electron chi connectivity index (χ3n) is 5.82. The molecule has 0 radical (unpaired) electrons. The Kier molecular flexibility index (Phi) is 8.14. The van der Waals surface area contributed by atoms with Gasteiger partial charge in [-0.2, -0.15) is 0 Å². The highest BCUT2D eigenvalue weighted by atomic mass is 35.5. The van der Waals surface area contributed by atoms with Crippen LogP contribution in [0.25, 0.3) is 0 Å². The molecular formula is C29H26ClN3O4S. The van der Waals surface area contributed by atoms with Gasteiger partial charge in [0.1, 0.15) is 4.90 Å². The third-order valence-corrected chi connectivity index (χ3v) is 7.68. The Hall–Kier alpha value is -4.14. The van der Waals surface area contributed by atoms with E-state index in [1.165, 1.54) is 18.2 Å². The van der Waals surface area contributed by atoms with Gasteiger partial charge in [-0.3, -0.25) is 14.3 Å². The number of anilines is 2. The predicted molar refractivity (Wildman–Crippen MR) is 150 cm³/mol. The van der Waals surface area contributed by atoms with Gasteiger partial charge >= 0.3 is 0 Å². The molecule has 0 heterocycles. The van der Waals surface area contributed by atoms with Crippen molar-refractivity contribution in [2.45, 2.75) is 24.8 Å². The zero-order valence-electron chi connectivity index (χ0n) is 20.7. The maximum absolute atomic E-state index is 13.1. The molecule has 0 saturated heterocycles. The van der Waals surface area contributed by atoms with Gasteiger partial charge in [0.05, 0.1) is 22.3 Å². The molecule has 1 atom stereocenters. The summed E-state index contributed by atoms with van der Waals surface area (Å²) in [4.78, 5) is 25.9. The SMILES string of the molecule is Cc1cccc(NS(=O)(=O)c2cc(C(=O)Nc3ccccc3C(=O)N[C@H](C)c3ccccc3)ccc2Cl)c1. The fourth-order valence-electron chi connectivity index (χ4n) is 3.85. The molecule has 0 aliphatic carbocycles. The highest BCUT2D eigenvalue weighted by molar-refractivity contribution is 7.92. The standard InChI is InChI=1S/C29H26ClN3O4S/c1-19-9-8-12-23(17-19)33-38(36,37)27-18-22(15-16-25(27)30)28(34)32-26-14-7-6-13-24(26)29(35)31-20(2)21-10-4-3-5-11-21/h3-18,20,33H,1-2H3,(H,31,35)(H,32,34)/t20-/m1/s1. The summed E-state index contributed by atoms with van der Waals surface area (Å²) in [5, 5.41) is 5.62. The molecule has 194 valence electrons. The van der Waals surface area contributed by atoms with Gasteiger partial charge in [-0.15, -0.1) is 0 Å². The van der Waals surface area contributed by atoms with Crippen molar-refractivity contribution in [3.63, 3.8) is 0 Å². The summed E-state index contributed by atoms with van der Waals surface area (Å²) in [7, 11) is -4.08. The molecule has 2 amide bonds. The van der Waals surface area contributed by atoms with Crippen molar-refractivity contribution in [1.29, 1.82) is 0 Å². The van der Waals surface area contributed by atoms with Crippen molar-refractivity contribution in [2.75, 3.05) is 10.0 Å². The lowest BCUT2D eigenvalue weighted by molar-refractivity contribution is 0.0940. The van der Waals surface area contributed by atoms with Crippen LogP contribution in [0.15, 0.2) is 102 Å². The van der Waals surface area contributed by atoms with Crippen LogP contribution < -0.4 is 15.4 Å². The number of carbonyl (C=O) groups excluding carboxylic acids is 2. The second-order valence-corrected chi connectivity index (χ2v) is 10.8. The summed E-state index contributed by atoms with van der Waals surface area (Å²) in [6, 6.07) is 26.7. The number of amides is 2. The topological polar surface area (TPSA) is 104 Å². The first-order valence-corrected chi connectivity index (χ1v) is 13.7. The largest absolute Gasteiger partial charge is 0.345 e. The van der Waals surface area contributed by atoms with E-state index in [0.717, 1.165) is 11.1 Å². The first kappa shape index (κ1) is 26.9. The van der Waals surface area contributed by atoms with Gasteiger partial charge in [0.2, 0.25) is 0 Å². The summed E-state index contributed by atoms with van der Waals surface area (Å²) in [5.41, 5.74) is 2.81. The number of nitrogens with one attached hydrogen (secondary N) is 3. The molecule has 7 nitrogen and oxygen atoms in total. The van der Waals surface area contributed by atoms with E-state index in [1.807, 2.05) is 50.2 Å². The first-order chi connectivity index (χ1) is 18.1. The molecule has 0 bridgehead atoms. The molecule has 3 N–H and O–H groups in total. The second-order valence-electron chi connectivity index (χ2n) is 8.73. The second kappa shape index (κ2) is 11.5. The number of halogens is 1. The molecule has 0 aromatic heterocycles. The molecule has 0 aliphatic rings. The number of hydrogen-bond donors (Lipinski definition) is 3. The lowest BCUT2D eigenvalue weighted by Crippen LogP contribution is -2.28. The lowest BCUT2D eigenvalue weighted by Gasteiger charge is -2.16. The fraction of sp³-hybridized carbons (Fsp3) is 0.103. The number of aryl methyl sites for hydroxylation is 1. The van der Waals surface area contributed by atoms with Crippen molar-refractivity contribution in [2.24, 2.45) is 0 Å². The zero-order valence-corrected chi connectivity index (χ0v) is 22.3. The number of sulfonamides is 1. The smallest absolute Gasteiger partial charge is 0.263 e. The van der Waals surface area contributed by atoms with E-state index in [1.54, 1.807) is 42.5 Å². The number of para-hydroxylation sites is 1. The van der Waals surface area contributed by atoms with E-state index < -0.39 is 15.9 Å². The van der Waals surface area contributed by atoms with Crippen LogP contribution in [-0.2, 0) is 10.0 Å². The van der Waals surface area contributed by atoms with Crippen LogP contribution in [0.4, 0.5) is 11.4 Å². The van der Waals surface area contributed by atoms with Crippen LogP contribution >= 0.6 is 11.6 Å². The minimum atomic E-state index is -4.08. The van der Waals surface area contributed by atoms with Crippen LogP contribution in [-0.4, -0.2) is 20.2 Å². The molecule has 4 aromatic carbocycles. The maximum Gasteiger partial charge on any atom is 0.263 e. The van der Waals surface area contributed by atoms with Crippen molar-refractivity contribution in [3.8, 4) is 0 Å². The highest BCUT2D eigenvalue weighted by Gasteiger charge is 2.22. The number of carbonyl (C=O) groups is 2. The predicted octanol–water partition coefficient (Wildman–Crippen LogP) is 6.19. The van der Waals surface area contributed by atoms with Crippen molar-refractivity contribution < 1.29 is 18.0 Å². The molecule has 4 rings (SSSR count). The van der Waals surface area contributed by atoms with Crippen LogP contribution in [0.5, 0.6) is 0 Å². The van der Waals surface area contributed by atoms with Gasteiger partial charge in [0.15, 0.2) is 0 Å². The summed E-state index contributed by atoms with van der Waals surface area (Å²) in [6.45, 7) is 3.71. The Labute approximate surface area is 226 Å². The monoisotopic (exact) mass is 547 g/mol. The van der Waals surface area contributed by atoms with E-state index in [2.05, 4.69) is 15.4 Å². The van der Waals surface area contributed by atoms with Crippen LogP contribution in [0.1, 0.15) is 44.8 Å². The molecule has 0 saturated carbocycles. The Bertz CT molecular complexity index is 1590. The van der Waals surface area contributed by atoms with Gasteiger partial charge in [0.25, 0.3) is 21.8 Å².